The van der Waals surface area contributed by atoms with Crippen molar-refractivity contribution in [3.05, 3.63) is 77.2 Å². The molecule has 2 fully saturated rings. The standard InChI is InChI=1S/C50H61N7O9S/c1-29(2)51-47-53-39(28-67-47)38-24-41(35-19-18-32(64-6)22-37(35)52-38)65-33-23-40-43(58)55-50(46(61)62)25-31(50)15-10-8-7-9-11-17-36(45(60)57(40)26-33)54-48(63)66-42(49(3,4)5)27-56-21-20-30-14-12-13-16-34(30)44(56)59/h10,12-16,18-19,22,24,28-29,31,33,36,40,42H,7-9,11,17,20-21,23,25-27H2,1-6H3,(H,51,53)(H,54,63)(H,55,58)(H,61,62)/b15-10-/t31?,33-,36+,40+,42?,50-/m1/s1. The Morgan fingerprint density at radius 2 is 1.85 bits per heavy atom. The second-order valence-electron chi connectivity index (χ2n) is 19.5. The van der Waals surface area contributed by atoms with E-state index in [0.717, 1.165) is 23.5 Å². The third-order valence-electron chi connectivity index (χ3n) is 13.2. The lowest BCUT2D eigenvalue weighted by Crippen LogP contribution is -2.57. The van der Waals surface area contributed by atoms with Gasteiger partial charge in [0.2, 0.25) is 11.8 Å². The number of carbonyl (C=O) groups excluding carboxylic acids is 4. The molecule has 2 aromatic heterocycles. The van der Waals surface area contributed by atoms with Gasteiger partial charge in [-0.05, 0) is 69.7 Å². The summed E-state index contributed by atoms with van der Waals surface area (Å²) in [5, 5.41) is 22.8. The van der Waals surface area contributed by atoms with Crippen LogP contribution in [0, 0.1) is 11.3 Å². The number of carboxylic acid groups (broad SMARTS) is 1. The van der Waals surface area contributed by atoms with Crippen molar-refractivity contribution >= 4 is 57.2 Å². The van der Waals surface area contributed by atoms with E-state index in [1.807, 2.05) is 82.5 Å². The molecule has 16 nitrogen and oxygen atoms in total. The van der Waals surface area contributed by atoms with Crippen LogP contribution in [-0.2, 0) is 25.5 Å². The molecule has 4 aromatic rings. The number of amides is 4. The number of anilines is 1. The highest BCUT2D eigenvalue weighted by atomic mass is 32.1. The fraction of sp³-hybridized carbons (Fsp3) is 0.500. The van der Waals surface area contributed by atoms with Crippen molar-refractivity contribution in [1.29, 1.82) is 0 Å². The van der Waals surface area contributed by atoms with Crippen LogP contribution in [0.4, 0.5) is 9.93 Å². The van der Waals surface area contributed by atoms with Gasteiger partial charge in [0.15, 0.2) is 5.13 Å². The van der Waals surface area contributed by atoms with Crippen LogP contribution < -0.4 is 25.4 Å². The predicted octanol–water partition coefficient (Wildman–Crippen LogP) is 7.22. The maximum Gasteiger partial charge on any atom is 0.408 e. The van der Waals surface area contributed by atoms with E-state index >= 15 is 4.79 Å². The van der Waals surface area contributed by atoms with Gasteiger partial charge in [-0.2, -0.15) is 0 Å². The zero-order valence-electron chi connectivity index (χ0n) is 39.0. The summed E-state index contributed by atoms with van der Waals surface area (Å²) in [6.07, 6.45) is 5.57. The van der Waals surface area contributed by atoms with Crippen molar-refractivity contribution in [3.63, 3.8) is 0 Å². The van der Waals surface area contributed by atoms with E-state index in [2.05, 4.69) is 16.0 Å². The third kappa shape index (κ3) is 10.5. The Balaban J connectivity index is 1.08. The Bertz CT molecular complexity index is 2560. The molecule has 1 saturated heterocycles. The van der Waals surface area contributed by atoms with Crippen molar-refractivity contribution < 1.29 is 43.3 Å². The number of thiazole rings is 1. The van der Waals surface area contributed by atoms with E-state index in [0.29, 0.717) is 65.2 Å². The van der Waals surface area contributed by atoms with E-state index < -0.39 is 65.0 Å². The van der Waals surface area contributed by atoms with E-state index in [9.17, 15) is 24.3 Å². The van der Waals surface area contributed by atoms with Crippen LogP contribution in [-0.4, -0.2) is 117 Å². The molecule has 5 heterocycles. The quantitative estimate of drug-likeness (QED) is 0.110. The number of methoxy groups -OCH3 is 1. The van der Waals surface area contributed by atoms with E-state index in [1.54, 1.807) is 30.2 Å². The Kier molecular flexibility index (Phi) is 13.8. The van der Waals surface area contributed by atoms with Crippen molar-refractivity contribution in [2.45, 2.75) is 122 Å². The maximum absolute atomic E-state index is 15.0. The van der Waals surface area contributed by atoms with Crippen molar-refractivity contribution in [1.82, 2.24) is 30.4 Å². The predicted molar refractivity (Wildman–Crippen MR) is 254 cm³/mol. The highest BCUT2D eigenvalue weighted by molar-refractivity contribution is 7.14. The number of fused-ring (bicyclic) bond motifs is 4. The molecule has 4 aliphatic rings. The van der Waals surface area contributed by atoms with Gasteiger partial charge in [0.25, 0.3) is 5.91 Å². The number of aliphatic carboxylic acids is 1. The maximum atomic E-state index is 15.0. The minimum absolute atomic E-state index is 0.0365. The second-order valence-corrected chi connectivity index (χ2v) is 20.3. The molecule has 17 heteroatoms. The van der Waals surface area contributed by atoms with Crippen LogP contribution in [0.15, 0.2) is 66.1 Å². The highest BCUT2D eigenvalue weighted by Gasteiger charge is 2.61. The summed E-state index contributed by atoms with van der Waals surface area (Å²) < 4.78 is 18.4. The lowest BCUT2D eigenvalue weighted by atomic mass is 9.88. The van der Waals surface area contributed by atoms with E-state index in [-0.39, 0.29) is 44.3 Å². The Morgan fingerprint density at radius 1 is 1.04 bits per heavy atom. The summed E-state index contributed by atoms with van der Waals surface area (Å²) >= 11 is 1.45. The van der Waals surface area contributed by atoms with Gasteiger partial charge in [-0.3, -0.25) is 14.4 Å². The van der Waals surface area contributed by atoms with Crippen LogP contribution in [0.25, 0.3) is 22.3 Å². The van der Waals surface area contributed by atoms with Gasteiger partial charge in [0, 0.05) is 58.8 Å². The topological polar surface area (TPSA) is 202 Å². The first-order chi connectivity index (χ1) is 32.0. The molecular weight excluding hydrogens is 875 g/mol. The lowest BCUT2D eigenvalue weighted by Gasteiger charge is -2.37. The highest BCUT2D eigenvalue weighted by Crippen LogP contribution is 2.46. The molecule has 8 rings (SSSR count). The normalized spacial score (nSPS) is 24.3. The fourth-order valence-electron chi connectivity index (χ4n) is 9.21. The van der Waals surface area contributed by atoms with Crippen molar-refractivity contribution in [2.75, 3.05) is 32.1 Å². The first kappa shape index (κ1) is 47.3. The average Bonchev–Trinajstić information content (AvgIpc) is 3.55. The van der Waals surface area contributed by atoms with Gasteiger partial charge in [-0.15, -0.1) is 11.3 Å². The molecule has 4 N–H and O–H groups in total. The number of nitrogens with one attached hydrogen (secondary N) is 3. The van der Waals surface area contributed by atoms with Crippen LogP contribution in [0.5, 0.6) is 11.5 Å². The largest absolute Gasteiger partial charge is 0.497 e. The number of rotatable bonds is 11. The second kappa shape index (κ2) is 19.5. The molecule has 356 valence electrons. The van der Waals surface area contributed by atoms with Crippen LogP contribution in [0.2, 0.25) is 0 Å². The molecule has 1 saturated carbocycles. The van der Waals surface area contributed by atoms with Crippen molar-refractivity contribution in [2.24, 2.45) is 11.3 Å². The summed E-state index contributed by atoms with van der Waals surface area (Å²) in [6.45, 7) is 10.5. The summed E-state index contributed by atoms with van der Waals surface area (Å²) in [6, 6.07) is 12.7. The zero-order valence-corrected chi connectivity index (χ0v) is 39.8. The molecule has 2 aromatic carbocycles. The van der Waals surface area contributed by atoms with Gasteiger partial charge in [0.05, 0.1) is 31.4 Å². The molecular formula is C50H61N7O9S. The Labute approximate surface area is 394 Å². The van der Waals surface area contributed by atoms with Gasteiger partial charge in [-0.25, -0.2) is 19.6 Å². The monoisotopic (exact) mass is 935 g/mol. The van der Waals surface area contributed by atoms with Gasteiger partial charge in [-0.1, -0.05) is 64.0 Å². The Hall–Kier alpha value is -6.23. The molecule has 2 unspecified atom stereocenters. The van der Waals surface area contributed by atoms with Crippen LogP contribution in [0.1, 0.15) is 95.5 Å². The molecule has 4 amide bonds. The SMILES string of the molecule is COc1ccc2c(O[C@@H]3C[C@H]4C(=O)N[C@]5(C(=O)O)CC5/C=C\CCCCC[C@H](NC(=O)OC(CN5CCc6ccccc6C5=O)C(C)(C)C)C(=O)N4C3)cc(-c3csc(NC(C)C)n3)nc2c1. The molecule has 6 atom stereocenters. The average molecular weight is 936 g/mol. The number of allylic oxidation sites excluding steroid dienone is 1. The molecule has 0 spiro atoms. The minimum atomic E-state index is -1.51. The number of benzene rings is 2. The number of alkyl carbamates (subject to hydrolysis) is 1. The summed E-state index contributed by atoms with van der Waals surface area (Å²) in [5.74, 6) is -1.76. The van der Waals surface area contributed by atoms with Gasteiger partial charge in [0.1, 0.15) is 47.0 Å². The van der Waals surface area contributed by atoms with Gasteiger partial charge < -0.3 is 45.1 Å². The number of hydrogen-bond donors (Lipinski definition) is 4. The number of hydrogen-bond acceptors (Lipinski definition) is 12. The Morgan fingerprint density at radius 3 is 2.61 bits per heavy atom. The zero-order chi connectivity index (χ0) is 47.6. The number of carbonyl (C=O) groups is 5. The van der Waals surface area contributed by atoms with E-state index in [4.69, 9.17) is 24.2 Å². The first-order valence-corrected chi connectivity index (χ1v) is 24.2. The van der Waals surface area contributed by atoms with Crippen LogP contribution in [0.3, 0.4) is 0 Å². The number of carboxylic acids is 1. The summed E-state index contributed by atoms with van der Waals surface area (Å²) in [5.41, 5.74) is 1.29. The molecule has 67 heavy (non-hydrogen) atoms. The first-order valence-electron chi connectivity index (χ1n) is 23.3. The molecule has 0 radical (unpaired) electrons. The number of pyridine rings is 1. The summed E-state index contributed by atoms with van der Waals surface area (Å²) in [7, 11) is 1.57. The van der Waals surface area contributed by atoms with E-state index in [1.165, 1.54) is 16.2 Å². The smallest absolute Gasteiger partial charge is 0.408 e. The fourth-order valence-corrected chi connectivity index (χ4v) is 10.1. The number of ether oxygens (including phenoxy) is 3. The molecule has 0 bridgehead atoms. The van der Waals surface area contributed by atoms with Gasteiger partial charge >= 0.3 is 12.1 Å². The summed E-state index contributed by atoms with van der Waals surface area (Å²) in [4.78, 5) is 82.7. The van der Waals surface area contributed by atoms with Crippen molar-refractivity contribution in [3.8, 4) is 22.9 Å². The van der Waals surface area contributed by atoms with Crippen LogP contribution >= 0.6 is 11.3 Å². The third-order valence-corrected chi connectivity index (χ3v) is 13.9. The molecule has 1 aliphatic carbocycles. The number of aromatic nitrogens is 2. The minimum Gasteiger partial charge on any atom is -0.497 e. The number of nitrogens with zero attached hydrogens (tertiary/aromatic N) is 4. The lowest BCUT2D eigenvalue weighted by molar-refractivity contribution is -0.145. The molecule has 3 aliphatic heterocycles.